The molecule has 0 saturated carbocycles. The Labute approximate surface area is 175 Å². The van der Waals surface area contributed by atoms with Crippen molar-refractivity contribution >= 4 is 49.0 Å². The summed E-state index contributed by atoms with van der Waals surface area (Å²) in [7, 11) is -3.75. The highest BCUT2D eigenvalue weighted by atomic mass is 79.9. The smallest absolute Gasteiger partial charge is 0.306 e. The third-order valence-electron chi connectivity index (χ3n) is 4.67. The molecule has 0 atom stereocenters. The van der Waals surface area contributed by atoms with Gasteiger partial charge in [0, 0.05) is 23.1 Å². The van der Waals surface area contributed by atoms with E-state index in [1.165, 1.54) is 0 Å². The van der Waals surface area contributed by atoms with Gasteiger partial charge >= 0.3 is 5.69 Å². The van der Waals surface area contributed by atoms with E-state index in [9.17, 15) is 13.2 Å². The Morgan fingerprint density at radius 2 is 2.03 bits per heavy atom. The lowest BCUT2D eigenvalue weighted by molar-refractivity contribution is 0.475. The summed E-state index contributed by atoms with van der Waals surface area (Å²) in [6, 6.07) is 10.6. The first-order valence-corrected chi connectivity index (χ1v) is 11.3. The van der Waals surface area contributed by atoms with Gasteiger partial charge in [0.15, 0.2) is 5.84 Å². The Balaban J connectivity index is 1.71. The number of hydrogen-bond acceptors (Lipinski definition) is 5. The fraction of sp³-hybridized carbons (Fsp3) is 0.211. The summed E-state index contributed by atoms with van der Waals surface area (Å²) in [4.78, 5) is 14.9. The number of imidazole rings is 1. The van der Waals surface area contributed by atoms with Crippen molar-refractivity contribution in [1.29, 1.82) is 0 Å². The molecule has 10 heteroatoms. The minimum absolute atomic E-state index is 0.153. The average molecular weight is 476 g/mol. The normalized spacial score (nSPS) is 15.1. The molecule has 8 nitrogen and oxygen atoms in total. The number of sulfonamides is 1. The van der Waals surface area contributed by atoms with Crippen LogP contribution in [0.2, 0.25) is 0 Å². The minimum atomic E-state index is -3.75. The monoisotopic (exact) mass is 475 g/mol. The molecule has 0 saturated heterocycles. The van der Waals surface area contributed by atoms with E-state index in [0.29, 0.717) is 29.0 Å². The van der Waals surface area contributed by atoms with E-state index in [-0.39, 0.29) is 10.6 Å². The second-order valence-electron chi connectivity index (χ2n) is 6.44. The first-order chi connectivity index (χ1) is 13.8. The number of halogens is 1. The van der Waals surface area contributed by atoms with Gasteiger partial charge in [-0.25, -0.2) is 9.80 Å². The Hall–Kier alpha value is -2.72. The van der Waals surface area contributed by atoms with Gasteiger partial charge in [-0.05, 0) is 49.7 Å². The van der Waals surface area contributed by atoms with Gasteiger partial charge in [-0.3, -0.25) is 4.57 Å². The van der Waals surface area contributed by atoms with Crippen molar-refractivity contribution in [2.24, 2.45) is 9.50 Å². The summed E-state index contributed by atoms with van der Waals surface area (Å²) in [5.41, 5.74) is 2.70. The van der Waals surface area contributed by atoms with Crippen LogP contribution >= 0.6 is 15.9 Å². The van der Waals surface area contributed by atoms with Crippen LogP contribution in [0.5, 0.6) is 0 Å². The van der Waals surface area contributed by atoms with Crippen molar-refractivity contribution in [2.75, 3.05) is 6.54 Å². The van der Waals surface area contributed by atoms with Crippen LogP contribution in [-0.4, -0.2) is 41.6 Å². The number of aromatic nitrogens is 2. The van der Waals surface area contributed by atoms with Gasteiger partial charge in [0.2, 0.25) is 0 Å². The maximum atomic E-state index is 12.4. The van der Waals surface area contributed by atoms with Crippen LogP contribution in [0.4, 0.5) is 0 Å². The van der Waals surface area contributed by atoms with Crippen LogP contribution < -0.4 is 5.69 Å². The molecule has 1 N–H and O–H groups in total. The number of hydrazone groups is 1. The zero-order valence-electron chi connectivity index (χ0n) is 15.8. The topological polar surface area (TPSA) is 99.9 Å². The SMILES string of the molecule is CCN(/N=C/c1ccc2[nH]c(=O)n(CC)c2c1)C1=NS(=O)(=O)c2cc(Br)ccc21. The predicted molar refractivity (Wildman–Crippen MR) is 116 cm³/mol. The maximum Gasteiger partial charge on any atom is 0.326 e. The van der Waals surface area contributed by atoms with E-state index in [1.54, 1.807) is 34.0 Å². The summed E-state index contributed by atoms with van der Waals surface area (Å²) in [6.07, 6.45) is 1.63. The number of nitrogens with zero attached hydrogens (tertiary/aromatic N) is 4. The number of amidine groups is 1. The lowest BCUT2D eigenvalue weighted by atomic mass is 10.2. The van der Waals surface area contributed by atoms with Crippen molar-refractivity contribution in [3.8, 4) is 0 Å². The zero-order chi connectivity index (χ0) is 20.8. The van der Waals surface area contributed by atoms with Crippen molar-refractivity contribution in [2.45, 2.75) is 25.3 Å². The van der Waals surface area contributed by atoms with Gasteiger partial charge in [0.1, 0.15) is 4.90 Å². The highest BCUT2D eigenvalue weighted by Gasteiger charge is 2.31. The maximum absolute atomic E-state index is 12.4. The van der Waals surface area contributed by atoms with Crippen LogP contribution in [-0.2, 0) is 16.6 Å². The summed E-state index contributed by atoms with van der Waals surface area (Å²) in [5.74, 6) is 0.291. The van der Waals surface area contributed by atoms with E-state index in [4.69, 9.17) is 0 Å². The lowest BCUT2D eigenvalue weighted by Crippen LogP contribution is -2.25. The molecule has 4 rings (SSSR count). The molecule has 150 valence electrons. The fourth-order valence-electron chi connectivity index (χ4n) is 3.28. The summed E-state index contributed by atoms with van der Waals surface area (Å²) in [6.45, 7) is 4.77. The van der Waals surface area contributed by atoms with Crippen molar-refractivity contribution in [3.05, 3.63) is 62.5 Å². The molecule has 0 spiro atoms. The molecule has 0 amide bonds. The zero-order valence-corrected chi connectivity index (χ0v) is 18.2. The highest BCUT2D eigenvalue weighted by molar-refractivity contribution is 9.10. The first kappa shape index (κ1) is 19.6. The highest BCUT2D eigenvalue weighted by Crippen LogP contribution is 2.30. The first-order valence-electron chi connectivity index (χ1n) is 9.03. The van der Waals surface area contributed by atoms with Crippen LogP contribution in [0.15, 0.2) is 60.1 Å². The fourth-order valence-corrected chi connectivity index (χ4v) is 5.02. The lowest BCUT2D eigenvalue weighted by Gasteiger charge is -2.16. The summed E-state index contributed by atoms with van der Waals surface area (Å²) < 4.78 is 31.1. The van der Waals surface area contributed by atoms with E-state index in [2.05, 4.69) is 30.4 Å². The molecule has 0 fully saturated rings. The van der Waals surface area contributed by atoms with Crippen LogP contribution in [0, 0.1) is 0 Å². The molecule has 0 unspecified atom stereocenters. The van der Waals surface area contributed by atoms with Gasteiger partial charge in [-0.1, -0.05) is 22.0 Å². The number of aryl methyl sites for hydroxylation is 1. The molecule has 1 aromatic heterocycles. The number of nitrogens with one attached hydrogen (secondary N) is 1. The van der Waals surface area contributed by atoms with Gasteiger partial charge < -0.3 is 4.98 Å². The molecule has 0 aliphatic carbocycles. The molecular formula is C19H18BrN5O3S. The Kier molecular flexibility index (Phi) is 4.91. The molecule has 3 aromatic rings. The molecule has 0 radical (unpaired) electrons. The third kappa shape index (κ3) is 3.42. The van der Waals surface area contributed by atoms with Crippen LogP contribution in [0.1, 0.15) is 25.0 Å². The molecule has 1 aliphatic heterocycles. The number of rotatable bonds is 4. The Morgan fingerprint density at radius 3 is 2.76 bits per heavy atom. The number of hydrogen-bond donors (Lipinski definition) is 1. The number of benzene rings is 2. The molecule has 2 heterocycles. The summed E-state index contributed by atoms with van der Waals surface area (Å²) in [5, 5.41) is 6.00. The molecule has 0 bridgehead atoms. The molecular weight excluding hydrogens is 458 g/mol. The largest absolute Gasteiger partial charge is 0.326 e. The van der Waals surface area contributed by atoms with Crippen LogP contribution in [0.25, 0.3) is 11.0 Å². The van der Waals surface area contributed by atoms with Gasteiger partial charge in [-0.15, -0.1) is 4.40 Å². The molecule has 1 aliphatic rings. The van der Waals surface area contributed by atoms with E-state index in [1.807, 2.05) is 32.0 Å². The van der Waals surface area contributed by atoms with Gasteiger partial charge in [0.05, 0.1) is 17.2 Å². The number of H-pyrrole nitrogens is 1. The van der Waals surface area contributed by atoms with Crippen LogP contribution in [0.3, 0.4) is 0 Å². The second kappa shape index (κ2) is 7.27. The number of fused-ring (bicyclic) bond motifs is 2. The predicted octanol–water partition coefficient (Wildman–Crippen LogP) is 2.92. The quantitative estimate of drug-likeness (QED) is 0.462. The second-order valence-corrected chi connectivity index (χ2v) is 8.93. The minimum Gasteiger partial charge on any atom is -0.306 e. The Bertz CT molecular complexity index is 1340. The average Bonchev–Trinajstić information content (AvgIpc) is 3.14. The molecule has 29 heavy (non-hydrogen) atoms. The summed E-state index contributed by atoms with van der Waals surface area (Å²) >= 11 is 3.30. The van der Waals surface area contributed by atoms with Gasteiger partial charge in [0.25, 0.3) is 10.0 Å². The van der Waals surface area contributed by atoms with Crippen molar-refractivity contribution in [1.82, 2.24) is 14.6 Å². The van der Waals surface area contributed by atoms with Crippen molar-refractivity contribution < 1.29 is 8.42 Å². The van der Waals surface area contributed by atoms with Crippen molar-refractivity contribution in [3.63, 3.8) is 0 Å². The molecule has 2 aromatic carbocycles. The van der Waals surface area contributed by atoms with E-state index >= 15 is 0 Å². The van der Waals surface area contributed by atoms with E-state index < -0.39 is 10.0 Å². The van der Waals surface area contributed by atoms with Gasteiger partial charge in [-0.2, -0.15) is 13.5 Å². The third-order valence-corrected chi connectivity index (χ3v) is 6.48. The standard InChI is InChI=1S/C19H18BrN5O3S/c1-3-24-16-9-12(5-8-15(16)22-19(24)26)11-21-25(4-2)18-14-7-6-13(20)10-17(14)29(27,28)23-18/h5-11H,3-4H2,1-2H3,(H,22,26)/b21-11+. The number of aromatic amines is 1. The Morgan fingerprint density at radius 1 is 1.24 bits per heavy atom. The van der Waals surface area contributed by atoms with E-state index in [0.717, 1.165) is 16.6 Å².